The van der Waals surface area contributed by atoms with Crippen molar-refractivity contribution in [1.82, 2.24) is 9.62 Å². The number of amides is 1. The number of halogens is 1. The van der Waals surface area contributed by atoms with Crippen molar-refractivity contribution >= 4 is 38.9 Å². The summed E-state index contributed by atoms with van der Waals surface area (Å²) in [4.78, 5) is 13.5. The first-order valence-corrected chi connectivity index (χ1v) is 11.9. The normalized spacial score (nSPS) is 25.9. The van der Waals surface area contributed by atoms with Gasteiger partial charge in [0.05, 0.1) is 30.5 Å². The van der Waals surface area contributed by atoms with Gasteiger partial charge in [-0.25, -0.2) is 8.42 Å². The van der Waals surface area contributed by atoms with E-state index < -0.39 is 10.0 Å². The molecule has 6 nitrogen and oxygen atoms in total. The van der Waals surface area contributed by atoms with Gasteiger partial charge in [-0.2, -0.15) is 4.31 Å². The number of hydrogen-bond acceptors (Lipinski definition) is 4. The van der Waals surface area contributed by atoms with Gasteiger partial charge < -0.3 is 10.2 Å². The van der Waals surface area contributed by atoms with Gasteiger partial charge in [-0.1, -0.05) is 31.4 Å². The van der Waals surface area contributed by atoms with E-state index in [-0.39, 0.29) is 10.1 Å². The van der Waals surface area contributed by atoms with Gasteiger partial charge in [-0.3, -0.25) is 4.79 Å². The Kier molecular flexibility index (Phi) is 6.61. The number of quaternary nitrogens is 1. The largest absolute Gasteiger partial charge is 0.348 e. The number of nitrogens with zero attached hydrogens (tertiary/aromatic N) is 1. The van der Waals surface area contributed by atoms with E-state index >= 15 is 0 Å². The number of hydrogen-bond donors (Lipinski definition) is 2. The standard InChI is InChI=1S/C17H26ClN3O3S2/c1-13-4-2-3-5-14(13)19-16(22)12-20-8-10-21(11-9-20)26(23,24)17-7-6-15(18)25-17/h6-7,13-14H,2-5,8-12H2,1H3,(H,19,22)/p+1/t13-,14-/m0/s1. The molecule has 2 N–H and O–H groups in total. The summed E-state index contributed by atoms with van der Waals surface area (Å²) in [5.41, 5.74) is 0. The summed E-state index contributed by atoms with van der Waals surface area (Å²) in [5, 5.41) is 3.18. The molecule has 1 amide bonds. The van der Waals surface area contributed by atoms with Crippen LogP contribution in [-0.2, 0) is 14.8 Å². The van der Waals surface area contributed by atoms with E-state index in [0.29, 0.717) is 49.0 Å². The highest BCUT2D eigenvalue weighted by Crippen LogP contribution is 2.28. The molecule has 1 aliphatic carbocycles. The zero-order chi connectivity index (χ0) is 18.7. The second-order valence-corrected chi connectivity index (χ2v) is 11.2. The van der Waals surface area contributed by atoms with Gasteiger partial charge in [0.2, 0.25) is 0 Å². The summed E-state index contributed by atoms with van der Waals surface area (Å²) in [5.74, 6) is 0.627. The Morgan fingerprint density at radius 3 is 2.62 bits per heavy atom. The molecule has 0 radical (unpaired) electrons. The van der Waals surface area contributed by atoms with Crippen LogP contribution in [0.5, 0.6) is 0 Å². The molecule has 2 heterocycles. The molecule has 1 saturated carbocycles. The number of sulfonamides is 1. The maximum absolute atomic E-state index is 12.6. The van der Waals surface area contributed by atoms with Crippen LogP contribution in [0.4, 0.5) is 0 Å². The van der Waals surface area contributed by atoms with E-state index in [2.05, 4.69) is 12.2 Å². The third kappa shape index (κ3) is 4.78. The summed E-state index contributed by atoms with van der Waals surface area (Å²) in [6.45, 7) is 4.78. The zero-order valence-electron chi connectivity index (χ0n) is 15.0. The van der Waals surface area contributed by atoms with Crippen LogP contribution in [0.1, 0.15) is 32.6 Å². The molecular formula is C17H27ClN3O3S2+. The molecular weight excluding hydrogens is 394 g/mol. The van der Waals surface area contributed by atoms with Crippen molar-refractivity contribution < 1.29 is 18.1 Å². The Morgan fingerprint density at radius 2 is 2.00 bits per heavy atom. The average Bonchev–Trinajstić information content (AvgIpc) is 3.05. The number of piperazine rings is 1. The Labute approximate surface area is 164 Å². The fourth-order valence-corrected chi connectivity index (χ4v) is 6.88. The van der Waals surface area contributed by atoms with Crippen LogP contribution in [0, 0.1) is 5.92 Å². The Bertz CT molecular complexity index is 729. The van der Waals surface area contributed by atoms with E-state index in [1.807, 2.05) is 0 Å². The summed E-state index contributed by atoms with van der Waals surface area (Å²) >= 11 is 6.95. The second-order valence-electron chi connectivity index (χ2n) is 7.33. The number of rotatable bonds is 5. The van der Waals surface area contributed by atoms with Crippen LogP contribution in [0.3, 0.4) is 0 Å². The molecule has 0 bridgehead atoms. The van der Waals surface area contributed by atoms with Crippen LogP contribution < -0.4 is 10.2 Å². The highest BCUT2D eigenvalue weighted by atomic mass is 35.5. The van der Waals surface area contributed by atoms with Crippen molar-refractivity contribution in [1.29, 1.82) is 0 Å². The van der Waals surface area contributed by atoms with E-state index in [4.69, 9.17) is 11.6 Å². The van der Waals surface area contributed by atoms with E-state index in [0.717, 1.165) is 22.7 Å². The molecule has 2 fully saturated rings. The highest BCUT2D eigenvalue weighted by molar-refractivity contribution is 7.91. The topological polar surface area (TPSA) is 70.9 Å². The minimum absolute atomic E-state index is 0.0834. The monoisotopic (exact) mass is 420 g/mol. The second kappa shape index (κ2) is 8.56. The minimum atomic E-state index is -3.47. The third-order valence-corrected chi connectivity index (χ3v) is 9.04. The summed E-state index contributed by atoms with van der Waals surface area (Å²) < 4.78 is 27.5. The van der Waals surface area contributed by atoms with Gasteiger partial charge in [0, 0.05) is 6.04 Å². The Hall–Kier alpha value is -0.670. The van der Waals surface area contributed by atoms with Gasteiger partial charge in [0.25, 0.3) is 15.9 Å². The van der Waals surface area contributed by atoms with Crippen molar-refractivity contribution in [3.8, 4) is 0 Å². The molecule has 9 heteroatoms. The molecule has 1 saturated heterocycles. The summed E-state index contributed by atoms with van der Waals surface area (Å²) in [6, 6.07) is 3.46. The maximum Gasteiger partial charge on any atom is 0.275 e. The van der Waals surface area contributed by atoms with E-state index in [1.54, 1.807) is 12.1 Å². The van der Waals surface area contributed by atoms with Gasteiger partial charge in [-0.15, -0.1) is 11.3 Å². The number of thiophene rings is 1. The van der Waals surface area contributed by atoms with Crippen molar-refractivity contribution in [3.05, 3.63) is 16.5 Å². The fraction of sp³-hybridized carbons (Fsp3) is 0.706. The molecule has 26 heavy (non-hydrogen) atoms. The smallest absolute Gasteiger partial charge is 0.275 e. The van der Waals surface area contributed by atoms with Gasteiger partial charge >= 0.3 is 0 Å². The molecule has 0 aromatic carbocycles. The zero-order valence-corrected chi connectivity index (χ0v) is 17.4. The lowest BCUT2D eigenvalue weighted by Crippen LogP contribution is -3.15. The SMILES string of the molecule is C[C@H]1CCCC[C@@H]1NC(=O)C[NH+]1CCN(S(=O)(=O)c2ccc(Cl)s2)CC1. The van der Waals surface area contributed by atoms with Crippen LogP contribution in [-0.4, -0.2) is 57.4 Å². The van der Waals surface area contributed by atoms with Gasteiger partial charge in [0.15, 0.2) is 6.54 Å². The molecule has 2 aliphatic rings. The van der Waals surface area contributed by atoms with Crippen molar-refractivity contribution in [2.24, 2.45) is 5.92 Å². The number of nitrogens with one attached hydrogen (secondary N) is 2. The van der Waals surface area contributed by atoms with Crippen LogP contribution in [0.25, 0.3) is 0 Å². The predicted octanol–water partition coefficient (Wildman–Crippen LogP) is 0.986. The molecule has 1 aromatic rings. The van der Waals surface area contributed by atoms with Gasteiger partial charge in [-0.05, 0) is 30.9 Å². The van der Waals surface area contributed by atoms with Crippen molar-refractivity contribution in [2.75, 3.05) is 32.7 Å². The maximum atomic E-state index is 12.6. The molecule has 3 rings (SSSR count). The van der Waals surface area contributed by atoms with Crippen LogP contribution >= 0.6 is 22.9 Å². The predicted molar refractivity (Wildman–Crippen MR) is 103 cm³/mol. The lowest BCUT2D eigenvalue weighted by atomic mass is 9.86. The molecule has 0 spiro atoms. The number of carbonyl (C=O) groups excluding carboxylic acids is 1. The highest BCUT2D eigenvalue weighted by Gasteiger charge is 2.32. The number of carbonyl (C=O) groups is 1. The quantitative estimate of drug-likeness (QED) is 0.746. The Balaban J connectivity index is 1.48. The van der Waals surface area contributed by atoms with E-state index in [1.165, 1.54) is 23.6 Å². The van der Waals surface area contributed by atoms with Crippen LogP contribution in [0.15, 0.2) is 16.3 Å². The van der Waals surface area contributed by atoms with Crippen molar-refractivity contribution in [2.45, 2.75) is 42.9 Å². The molecule has 1 aromatic heterocycles. The fourth-order valence-electron chi connectivity index (χ4n) is 3.80. The molecule has 1 aliphatic heterocycles. The molecule has 2 atom stereocenters. The van der Waals surface area contributed by atoms with E-state index in [9.17, 15) is 13.2 Å². The Morgan fingerprint density at radius 1 is 1.31 bits per heavy atom. The average molecular weight is 421 g/mol. The van der Waals surface area contributed by atoms with Crippen LogP contribution in [0.2, 0.25) is 4.34 Å². The lowest BCUT2D eigenvalue weighted by molar-refractivity contribution is -0.895. The third-order valence-electron chi connectivity index (χ3n) is 5.44. The molecule has 146 valence electrons. The molecule has 0 unspecified atom stereocenters. The first-order chi connectivity index (χ1) is 12.4. The minimum Gasteiger partial charge on any atom is -0.348 e. The van der Waals surface area contributed by atoms with Gasteiger partial charge in [0.1, 0.15) is 4.21 Å². The summed E-state index contributed by atoms with van der Waals surface area (Å²) in [6.07, 6.45) is 4.69. The first kappa shape index (κ1) is 20.1. The first-order valence-electron chi connectivity index (χ1n) is 9.24. The van der Waals surface area contributed by atoms with Crippen molar-refractivity contribution in [3.63, 3.8) is 0 Å². The summed E-state index contributed by atoms with van der Waals surface area (Å²) in [7, 11) is -3.47. The lowest BCUT2D eigenvalue weighted by Gasteiger charge is -2.32.